The van der Waals surface area contributed by atoms with Crippen LogP contribution in [0.1, 0.15) is 38.3 Å². The van der Waals surface area contributed by atoms with Gasteiger partial charge in [0.2, 0.25) is 5.88 Å². The number of aryl methyl sites for hydroxylation is 1. The lowest BCUT2D eigenvalue weighted by molar-refractivity contribution is 0.354. The highest BCUT2D eigenvalue weighted by Gasteiger charge is 2.22. The maximum absolute atomic E-state index is 12.7. The first-order valence-electron chi connectivity index (χ1n) is 10.5. The van der Waals surface area contributed by atoms with Crippen LogP contribution in [-0.4, -0.2) is 23.8 Å². The van der Waals surface area contributed by atoms with Crippen molar-refractivity contribution in [2.75, 3.05) is 14.2 Å². The molecule has 0 saturated carbocycles. The molecule has 0 amide bonds. The molecular formula is C25H28N2O4. The number of aromatic nitrogens is 2. The maximum Gasteiger partial charge on any atom is 0.351 e. The van der Waals surface area contributed by atoms with E-state index in [4.69, 9.17) is 14.2 Å². The van der Waals surface area contributed by atoms with Gasteiger partial charge in [-0.1, -0.05) is 32.9 Å². The number of ether oxygens (including phenoxy) is 3. The van der Waals surface area contributed by atoms with Crippen LogP contribution in [0, 0.1) is 0 Å². The number of fused-ring (bicyclic) bond motifs is 3. The van der Waals surface area contributed by atoms with Crippen LogP contribution in [0.25, 0.3) is 11.3 Å². The van der Waals surface area contributed by atoms with Gasteiger partial charge in [0.15, 0.2) is 11.5 Å². The van der Waals surface area contributed by atoms with E-state index in [1.165, 1.54) is 5.56 Å². The van der Waals surface area contributed by atoms with E-state index in [1.807, 2.05) is 30.3 Å². The minimum absolute atomic E-state index is 0.102. The zero-order valence-electron chi connectivity index (χ0n) is 18.7. The van der Waals surface area contributed by atoms with Gasteiger partial charge in [-0.15, -0.1) is 0 Å². The summed E-state index contributed by atoms with van der Waals surface area (Å²) in [6, 6.07) is 13.7. The van der Waals surface area contributed by atoms with Gasteiger partial charge >= 0.3 is 5.69 Å². The van der Waals surface area contributed by atoms with Gasteiger partial charge in [-0.2, -0.15) is 4.98 Å². The predicted molar refractivity (Wildman–Crippen MR) is 121 cm³/mol. The quantitative estimate of drug-likeness (QED) is 0.564. The van der Waals surface area contributed by atoms with Crippen molar-refractivity contribution in [3.8, 4) is 34.4 Å². The molecule has 3 aromatic rings. The van der Waals surface area contributed by atoms with Crippen LogP contribution in [0.4, 0.5) is 0 Å². The van der Waals surface area contributed by atoms with Gasteiger partial charge in [0.25, 0.3) is 0 Å². The summed E-state index contributed by atoms with van der Waals surface area (Å²) in [4.78, 5) is 16.9. The molecule has 1 aliphatic rings. The van der Waals surface area contributed by atoms with E-state index in [0.29, 0.717) is 23.8 Å². The van der Waals surface area contributed by atoms with Crippen LogP contribution >= 0.6 is 0 Å². The van der Waals surface area contributed by atoms with Crippen molar-refractivity contribution in [3.63, 3.8) is 0 Å². The molecule has 0 spiro atoms. The second-order valence-corrected chi connectivity index (χ2v) is 8.39. The smallest absolute Gasteiger partial charge is 0.351 e. The number of benzene rings is 2. The Morgan fingerprint density at radius 1 is 1.03 bits per heavy atom. The summed E-state index contributed by atoms with van der Waals surface area (Å²) in [5.74, 6) is 2.23. The lowest BCUT2D eigenvalue weighted by Gasteiger charge is -2.24. The van der Waals surface area contributed by atoms with E-state index in [9.17, 15) is 4.79 Å². The lowest BCUT2D eigenvalue weighted by Crippen LogP contribution is -2.28. The highest BCUT2D eigenvalue weighted by atomic mass is 16.5. The monoisotopic (exact) mass is 420 g/mol. The van der Waals surface area contributed by atoms with Crippen LogP contribution in [0.15, 0.2) is 47.3 Å². The van der Waals surface area contributed by atoms with Gasteiger partial charge in [0.1, 0.15) is 5.75 Å². The third-order valence-corrected chi connectivity index (χ3v) is 6.22. The van der Waals surface area contributed by atoms with Crippen molar-refractivity contribution in [2.24, 2.45) is 0 Å². The van der Waals surface area contributed by atoms with Crippen molar-refractivity contribution in [1.82, 2.24) is 9.55 Å². The lowest BCUT2D eigenvalue weighted by atomic mass is 9.82. The first-order chi connectivity index (χ1) is 14.9. The van der Waals surface area contributed by atoms with Crippen molar-refractivity contribution in [1.29, 1.82) is 0 Å². The fourth-order valence-electron chi connectivity index (χ4n) is 3.87. The van der Waals surface area contributed by atoms with Crippen molar-refractivity contribution in [2.45, 2.75) is 45.6 Å². The second-order valence-electron chi connectivity index (χ2n) is 8.39. The Hall–Kier alpha value is -3.28. The van der Waals surface area contributed by atoms with Crippen LogP contribution in [0.5, 0.6) is 23.1 Å². The molecule has 31 heavy (non-hydrogen) atoms. The molecule has 0 unspecified atom stereocenters. The molecule has 0 aliphatic carbocycles. The average molecular weight is 421 g/mol. The minimum Gasteiger partial charge on any atom is -0.493 e. The summed E-state index contributed by atoms with van der Waals surface area (Å²) in [5.41, 5.74) is 3.81. The minimum atomic E-state index is -0.323. The highest BCUT2D eigenvalue weighted by molar-refractivity contribution is 5.70. The molecule has 1 aromatic heterocycles. The Bertz CT molecular complexity index is 1160. The van der Waals surface area contributed by atoms with E-state index in [2.05, 4.69) is 37.9 Å². The zero-order chi connectivity index (χ0) is 22.2. The number of nitrogens with zero attached hydrogens (tertiary/aromatic N) is 2. The van der Waals surface area contributed by atoms with E-state index in [0.717, 1.165) is 29.7 Å². The van der Waals surface area contributed by atoms with E-state index < -0.39 is 0 Å². The van der Waals surface area contributed by atoms with Crippen LogP contribution in [0.2, 0.25) is 0 Å². The summed E-state index contributed by atoms with van der Waals surface area (Å²) in [5, 5.41) is 0. The molecule has 4 rings (SSSR count). The molecule has 6 nitrogen and oxygen atoms in total. The van der Waals surface area contributed by atoms with Gasteiger partial charge in [-0.3, -0.25) is 4.57 Å². The Balaban J connectivity index is 1.71. The van der Waals surface area contributed by atoms with Gasteiger partial charge in [0.05, 0.1) is 19.9 Å². The molecule has 2 aromatic carbocycles. The molecule has 0 radical (unpaired) electrons. The Morgan fingerprint density at radius 2 is 1.71 bits per heavy atom. The maximum atomic E-state index is 12.7. The fourth-order valence-corrected chi connectivity index (χ4v) is 3.87. The molecule has 0 fully saturated rings. The van der Waals surface area contributed by atoms with Crippen molar-refractivity contribution < 1.29 is 14.2 Å². The molecule has 0 N–H and O–H groups in total. The molecule has 0 saturated heterocycles. The van der Waals surface area contributed by atoms with Gasteiger partial charge < -0.3 is 14.2 Å². The molecule has 1 aliphatic heterocycles. The summed E-state index contributed by atoms with van der Waals surface area (Å²) >= 11 is 0. The number of methoxy groups -OCH3 is 2. The number of hydrogen-bond donors (Lipinski definition) is 0. The predicted octanol–water partition coefficient (Wildman–Crippen LogP) is 4.96. The third kappa shape index (κ3) is 3.90. The zero-order valence-corrected chi connectivity index (χ0v) is 18.7. The van der Waals surface area contributed by atoms with Crippen molar-refractivity contribution in [3.05, 3.63) is 64.1 Å². The van der Waals surface area contributed by atoms with Crippen LogP contribution in [-0.2, 0) is 18.4 Å². The first-order valence-corrected chi connectivity index (χ1v) is 10.5. The van der Waals surface area contributed by atoms with E-state index in [1.54, 1.807) is 18.8 Å². The van der Waals surface area contributed by atoms with Gasteiger partial charge in [0, 0.05) is 18.2 Å². The van der Waals surface area contributed by atoms with Crippen LogP contribution < -0.4 is 19.9 Å². The number of rotatable bonds is 6. The highest BCUT2D eigenvalue weighted by Crippen LogP contribution is 2.39. The van der Waals surface area contributed by atoms with Crippen molar-refractivity contribution >= 4 is 0 Å². The summed E-state index contributed by atoms with van der Waals surface area (Å²) in [7, 11) is 3.22. The Kier molecular flexibility index (Phi) is 5.48. The fraction of sp³-hybridized carbons (Fsp3) is 0.360. The summed E-state index contributed by atoms with van der Waals surface area (Å²) in [6.07, 6.45) is 1.77. The molecule has 0 bridgehead atoms. The topological polar surface area (TPSA) is 62.6 Å². The molecule has 162 valence electrons. The Labute approximate surface area is 182 Å². The molecule has 2 heterocycles. The SMILES string of the molecule is CCC(C)(C)c1ccc(Oc2cc3n(c(=O)n2)CCc2cc(OC)c(OC)cc2-3)cc1. The summed E-state index contributed by atoms with van der Waals surface area (Å²) in [6.45, 7) is 7.17. The van der Waals surface area contributed by atoms with Gasteiger partial charge in [-0.25, -0.2) is 4.79 Å². The normalized spacial score (nSPS) is 12.7. The van der Waals surface area contributed by atoms with E-state index >= 15 is 0 Å². The number of hydrogen-bond acceptors (Lipinski definition) is 5. The average Bonchev–Trinajstić information content (AvgIpc) is 2.78. The third-order valence-electron chi connectivity index (χ3n) is 6.22. The van der Waals surface area contributed by atoms with Crippen LogP contribution in [0.3, 0.4) is 0 Å². The first kappa shape index (κ1) is 21.0. The largest absolute Gasteiger partial charge is 0.493 e. The second kappa shape index (κ2) is 8.10. The Morgan fingerprint density at radius 3 is 2.35 bits per heavy atom. The molecule has 0 atom stereocenters. The van der Waals surface area contributed by atoms with E-state index in [-0.39, 0.29) is 17.0 Å². The summed E-state index contributed by atoms with van der Waals surface area (Å²) < 4.78 is 18.5. The molecular weight excluding hydrogens is 392 g/mol. The standard InChI is InChI=1S/C25H28N2O4/c1-6-25(2,3)17-7-9-18(10-8-17)31-23-15-20-19-14-22(30-5)21(29-4)13-16(19)11-12-27(20)24(28)26-23/h7-10,13-15H,6,11-12H2,1-5H3. The van der Waals surface area contributed by atoms with Gasteiger partial charge in [-0.05, 0) is 53.6 Å². The molecule has 6 heteroatoms.